The van der Waals surface area contributed by atoms with Gasteiger partial charge in [-0.25, -0.2) is 4.85 Å². The van der Waals surface area contributed by atoms with E-state index in [-0.39, 0.29) is 30.1 Å². The van der Waals surface area contributed by atoms with Crippen molar-refractivity contribution < 1.29 is 28.6 Å². The molecule has 0 bridgehead atoms. The predicted molar refractivity (Wildman–Crippen MR) is 109 cm³/mol. The number of amides is 2. The van der Waals surface area contributed by atoms with E-state index in [0.29, 0.717) is 37.7 Å². The number of Topliss-reactive ketones (excluding diaryl/α,β-unsaturated/α-hetero) is 1. The van der Waals surface area contributed by atoms with E-state index in [1.807, 2.05) is 20.8 Å². The standard InChI is InChI=1S/C22H26N2O6/c1-22(2,3)19(25)9-11-28-13-14-29-12-10-24-20(26)15-18(21(24)27)30-17-7-5-16(23-4)6-8-17/h5-8,15H,9-14H2,1-3H3. The molecule has 8 heteroatoms. The molecule has 0 saturated heterocycles. The Morgan fingerprint density at radius 1 is 1.03 bits per heavy atom. The average Bonchev–Trinajstić information content (AvgIpc) is 2.96. The highest BCUT2D eigenvalue weighted by Crippen LogP contribution is 2.22. The van der Waals surface area contributed by atoms with Gasteiger partial charge in [0.25, 0.3) is 11.8 Å². The van der Waals surface area contributed by atoms with Crippen molar-refractivity contribution in [3.63, 3.8) is 0 Å². The summed E-state index contributed by atoms with van der Waals surface area (Å²) in [6.07, 6.45) is 1.50. The maximum Gasteiger partial charge on any atom is 0.296 e. The Balaban J connectivity index is 1.65. The van der Waals surface area contributed by atoms with Crippen molar-refractivity contribution in [2.75, 3.05) is 33.0 Å². The van der Waals surface area contributed by atoms with Crippen molar-refractivity contribution in [3.05, 3.63) is 47.5 Å². The molecular formula is C22H26N2O6. The predicted octanol–water partition coefficient (Wildman–Crippen LogP) is 2.91. The van der Waals surface area contributed by atoms with Gasteiger partial charge in [-0.05, 0) is 12.1 Å². The summed E-state index contributed by atoms with van der Waals surface area (Å²) in [6.45, 7) is 13.8. The normalized spacial score (nSPS) is 13.9. The molecule has 1 aromatic carbocycles. The van der Waals surface area contributed by atoms with Crippen LogP contribution in [0.3, 0.4) is 0 Å². The van der Waals surface area contributed by atoms with Gasteiger partial charge in [0, 0.05) is 11.8 Å². The van der Waals surface area contributed by atoms with Crippen LogP contribution in [-0.4, -0.2) is 55.5 Å². The van der Waals surface area contributed by atoms with Crippen LogP contribution < -0.4 is 4.74 Å². The summed E-state index contributed by atoms with van der Waals surface area (Å²) in [5.74, 6) is -0.553. The SMILES string of the molecule is [C-]#[N+]c1ccc(OC2=CC(=O)N(CCOCCOCCC(=O)C(C)(C)C)C2=O)cc1. The molecule has 1 aromatic rings. The van der Waals surface area contributed by atoms with Crippen LogP contribution in [0.2, 0.25) is 0 Å². The van der Waals surface area contributed by atoms with Crippen LogP contribution in [0, 0.1) is 12.0 Å². The number of ketones is 1. The molecule has 0 saturated carbocycles. The van der Waals surface area contributed by atoms with E-state index in [1.165, 1.54) is 0 Å². The van der Waals surface area contributed by atoms with E-state index in [0.717, 1.165) is 11.0 Å². The summed E-state index contributed by atoms with van der Waals surface area (Å²) < 4.78 is 16.2. The van der Waals surface area contributed by atoms with Crippen molar-refractivity contribution in [1.82, 2.24) is 4.90 Å². The zero-order valence-corrected chi connectivity index (χ0v) is 17.5. The highest BCUT2D eigenvalue weighted by molar-refractivity contribution is 6.15. The first-order valence-electron chi connectivity index (χ1n) is 9.64. The van der Waals surface area contributed by atoms with Crippen LogP contribution in [-0.2, 0) is 23.9 Å². The second kappa shape index (κ2) is 10.7. The number of imide groups is 1. The first-order chi connectivity index (χ1) is 14.2. The molecule has 1 heterocycles. The van der Waals surface area contributed by atoms with Crippen LogP contribution in [0.25, 0.3) is 4.85 Å². The summed E-state index contributed by atoms with van der Waals surface area (Å²) in [5.41, 5.74) is 0.0839. The lowest BCUT2D eigenvalue weighted by Crippen LogP contribution is -2.35. The number of benzene rings is 1. The van der Waals surface area contributed by atoms with E-state index >= 15 is 0 Å². The van der Waals surface area contributed by atoms with Crippen molar-refractivity contribution in [2.45, 2.75) is 27.2 Å². The van der Waals surface area contributed by atoms with Crippen molar-refractivity contribution >= 4 is 23.3 Å². The summed E-state index contributed by atoms with van der Waals surface area (Å²) in [6, 6.07) is 6.26. The van der Waals surface area contributed by atoms with Crippen molar-refractivity contribution in [1.29, 1.82) is 0 Å². The number of hydrogen-bond donors (Lipinski definition) is 0. The molecule has 0 radical (unpaired) electrons. The Kier molecular flexibility index (Phi) is 8.27. The Bertz CT molecular complexity index is 846. The molecule has 0 N–H and O–H groups in total. The number of hydrogen-bond acceptors (Lipinski definition) is 6. The highest BCUT2D eigenvalue weighted by Gasteiger charge is 2.32. The number of ether oxygens (including phenoxy) is 3. The quantitative estimate of drug-likeness (QED) is 0.314. The molecule has 160 valence electrons. The topological polar surface area (TPSA) is 86.5 Å². The maximum atomic E-state index is 12.3. The van der Waals surface area contributed by atoms with E-state index in [2.05, 4.69) is 4.85 Å². The lowest BCUT2D eigenvalue weighted by molar-refractivity contribution is -0.139. The van der Waals surface area contributed by atoms with Gasteiger partial charge in [0.15, 0.2) is 11.4 Å². The van der Waals surface area contributed by atoms with E-state index in [9.17, 15) is 14.4 Å². The lowest BCUT2D eigenvalue weighted by Gasteiger charge is -2.16. The molecule has 30 heavy (non-hydrogen) atoms. The highest BCUT2D eigenvalue weighted by atomic mass is 16.5. The van der Waals surface area contributed by atoms with E-state index < -0.39 is 11.8 Å². The molecule has 8 nitrogen and oxygen atoms in total. The second-order valence-electron chi connectivity index (χ2n) is 7.66. The monoisotopic (exact) mass is 414 g/mol. The summed E-state index contributed by atoms with van der Waals surface area (Å²) in [4.78, 5) is 40.5. The van der Waals surface area contributed by atoms with Gasteiger partial charge in [0.1, 0.15) is 11.5 Å². The Morgan fingerprint density at radius 2 is 1.67 bits per heavy atom. The fourth-order valence-electron chi connectivity index (χ4n) is 2.50. The molecule has 0 unspecified atom stereocenters. The van der Waals surface area contributed by atoms with Crippen LogP contribution in [0.1, 0.15) is 27.2 Å². The summed E-state index contributed by atoms with van der Waals surface area (Å²) in [5, 5.41) is 0. The summed E-state index contributed by atoms with van der Waals surface area (Å²) in [7, 11) is 0. The molecule has 0 aliphatic carbocycles. The molecule has 1 aliphatic rings. The van der Waals surface area contributed by atoms with Gasteiger partial charge in [0.2, 0.25) is 0 Å². The van der Waals surface area contributed by atoms with Gasteiger partial charge in [-0.1, -0.05) is 32.9 Å². The minimum atomic E-state index is -0.533. The van der Waals surface area contributed by atoms with Gasteiger partial charge in [0.05, 0.1) is 45.6 Å². The van der Waals surface area contributed by atoms with Crippen LogP contribution in [0.15, 0.2) is 36.1 Å². The van der Waals surface area contributed by atoms with Gasteiger partial charge in [-0.2, -0.15) is 0 Å². The zero-order chi connectivity index (χ0) is 22.1. The fraction of sp³-hybridized carbons (Fsp3) is 0.455. The molecule has 0 aromatic heterocycles. The Morgan fingerprint density at radius 3 is 2.27 bits per heavy atom. The first-order valence-corrected chi connectivity index (χ1v) is 9.64. The van der Waals surface area contributed by atoms with E-state index in [4.69, 9.17) is 20.8 Å². The molecular weight excluding hydrogens is 388 g/mol. The molecule has 0 atom stereocenters. The molecule has 0 fully saturated rings. The third-order valence-electron chi connectivity index (χ3n) is 4.31. The smallest absolute Gasteiger partial charge is 0.296 e. The molecule has 0 spiro atoms. The summed E-state index contributed by atoms with van der Waals surface area (Å²) >= 11 is 0. The Labute approximate surface area is 176 Å². The fourth-order valence-corrected chi connectivity index (χ4v) is 2.50. The second-order valence-corrected chi connectivity index (χ2v) is 7.66. The van der Waals surface area contributed by atoms with Crippen LogP contribution >= 0.6 is 0 Å². The van der Waals surface area contributed by atoms with Gasteiger partial charge in [-0.3, -0.25) is 19.3 Å². The Hall–Kier alpha value is -3.02. The van der Waals surface area contributed by atoms with Gasteiger partial charge >= 0.3 is 0 Å². The van der Waals surface area contributed by atoms with E-state index in [1.54, 1.807) is 24.3 Å². The largest absolute Gasteiger partial charge is 0.451 e. The van der Waals surface area contributed by atoms with Gasteiger partial charge < -0.3 is 14.2 Å². The molecule has 1 aliphatic heterocycles. The van der Waals surface area contributed by atoms with Gasteiger partial charge in [-0.15, -0.1) is 0 Å². The minimum absolute atomic E-state index is 0.0672. The maximum absolute atomic E-state index is 12.3. The third kappa shape index (κ3) is 6.79. The van der Waals surface area contributed by atoms with Crippen molar-refractivity contribution in [2.24, 2.45) is 5.41 Å². The first kappa shape index (κ1) is 23.3. The number of carbonyl (C=O) groups excluding carboxylic acids is 3. The third-order valence-corrected chi connectivity index (χ3v) is 4.31. The average molecular weight is 414 g/mol. The van der Waals surface area contributed by atoms with Crippen LogP contribution in [0.4, 0.5) is 5.69 Å². The minimum Gasteiger partial charge on any atom is -0.451 e. The zero-order valence-electron chi connectivity index (χ0n) is 17.5. The molecule has 2 amide bonds. The van der Waals surface area contributed by atoms with Crippen LogP contribution in [0.5, 0.6) is 5.75 Å². The number of nitrogens with zero attached hydrogens (tertiary/aromatic N) is 2. The lowest BCUT2D eigenvalue weighted by atomic mass is 9.89. The number of carbonyl (C=O) groups is 3. The van der Waals surface area contributed by atoms with Crippen molar-refractivity contribution in [3.8, 4) is 5.75 Å². The molecule has 2 rings (SSSR count). The number of rotatable bonds is 11.